The third kappa shape index (κ3) is 3.87. The lowest BCUT2D eigenvalue weighted by atomic mass is 9.51. The first kappa shape index (κ1) is 26.3. The van der Waals surface area contributed by atoms with Crippen molar-refractivity contribution in [1.29, 1.82) is 5.41 Å². The van der Waals surface area contributed by atoms with Crippen molar-refractivity contribution in [3.05, 3.63) is 62.3 Å². The normalized spacial score (nSPS) is 28.3. The number of nitrogens with zero attached hydrogens (tertiary/aromatic N) is 4. The number of benzene rings is 1. The number of aromatic nitrogens is 2. The molecule has 0 radical (unpaired) electrons. The van der Waals surface area contributed by atoms with Gasteiger partial charge < -0.3 is 20.5 Å². The zero-order valence-electron chi connectivity index (χ0n) is 22.5. The van der Waals surface area contributed by atoms with E-state index in [1.807, 2.05) is 18.2 Å². The summed E-state index contributed by atoms with van der Waals surface area (Å²) in [4.78, 5) is 56.1. The van der Waals surface area contributed by atoms with Gasteiger partial charge in [-0.3, -0.25) is 29.0 Å². The number of amides is 3. The number of urea groups is 1. The molecule has 6 rings (SSSR count). The molecule has 0 bridgehead atoms. The standard InChI is InChI=1S/C28H34N6O6/c1-31-24(37)28(33(25(31)38)12-18-13-40-14-18)15-27(16-28)9-7-19(8-10-27)34-23(36)20(21(29)30)22(35)32(26(34)39)11-17-5-3-2-4-6-17/h2-6,18-19,35H,7-16H2,1H3,(H3,29,30). The second-order valence-corrected chi connectivity index (χ2v) is 11.9. The van der Waals surface area contributed by atoms with E-state index < -0.39 is 34.5 Å². The molecular formula is C28H34N6O6. The van der Waals surface area contributed by atoms with Gasteiger partial charge in [-0.2, -0.15) is 0 Å². The molecule has 4 N–H and O–H groups in total. The van der Waals surface area contributed by atoms with Crippen molar-refractivity contribution in [2.24, 2.45) is 17.1 Å². The summed E-state index contributed by atoms with van der Waals surface area (Å²) in [6, 6.07) is 8.38. The molecule has 3 amide bonds. The summed E-state index contributed by atoms with van der Waals surface area (Å²) in [7, 11) is 1.54. The predicted octanol–water partition coefficient (Wildman–Crippen LogP) is 1.22. The minimum Gasteiger partial charge on any atom is -0.494 e. The van der Waals surface area contributed by atoms with Crippen molar-refractivity contribution < 1.29 is 19.4 Å². The Morgan fingerprint density at radius 2 is 1.75 bits per heavy atom. The molecule has 2 saturated heterocycles. The van der Waals surface area contributed by atoms with Gasteiger partial charge in [0.15, 0.2) is 0 Å². The first-order chi connectivity index (χ1) is 19.1. The third-order valence-corrected chi connectivity index (χ3v) is 9.40. The minimum absolute atomic E-state index is 0.0246. The largest absolute Gasteiger partial charge is 0.494 e. The summed E-state index contributed by atoms with van der Waals surface area (Å²) < 4.78 is 7.52. The molecule has 2 aliphatic carbocycles. The van der Waals surface area contributed by atoms with Crippen molar-refractivity contribution in [3.8, 4) is 5.88 Å². The number of hydrogen-bond acceptors (Lipinski definition) is 7. The maximum atomic E-state index is 13.6. The Hall–Kier alpha value is -3.93. The molecule has 2 spiro atoms. The SMILES string of the molecule is CN1C(=O)N(CC2COC2)C2(CC3(CCC(n4c(=O)c(C(=N)N)c(O)n(Cc5ccccc5)c4=O)CC3)C2)C1=O. The lowest BCUT2D eigenvalue weighted by Crippen LogP contribution is -2.65. The number of nitrogens with one attached hydrogen (secondary N) is 1. The number of ether oxygens (including phenoxy) is 1. The summed E-state index contributed by atoms with van der Waals surface area (Å²) in [6.45, 7) is 1.72. The number of aromatic hydroxyl groups is 1. The zero-order valence-corrected chi connectivity index (χ0v) is 22.5. The van der Waals surface area contributed by atoms with Crippen LogP contribution in [-0.4, -0.2) is 74.2 Å². The number of hydrogen-bond donors (Lipinski definition) is 3. The van der Waals surface area contributed by atoms with Crippen molar-refractivity contribution in [3.63, 3.8) is 0 Å². The molecule has 40 heavy (non-hydrogen) atoms. The minimum atomic E-state index is -0.826. The van der Waals surface area contributed by atoms with Gasteiger partial charge in [0.25, 0.3) is 11.5 Å². The average Bonchev–Trinajstić information content (AvgIpc) is 3.06. The highest BCUT2D eigenvalue weighted by molar-refractivity contribution is 6.07. The van der Waals surface area contributed by atoms with Crippen LogP contribution in [0.3, 0.4) is 0 Å². The Kier molecular flexibility index (Phi) is 6.13. The van der Waals surface area contributed by atoms with Gasteiger partial charge >= 0.3 is 11.7 Å². The van der Waals surface area contributed by atoms with Crippen molar-refractivity contribution in [2.75, 3.05) is 26.8 Å². The summed E-state index contributed by atoms with van der Waals surface area (Å²) in [6.07, 6.45) is 3.55. The van der Waals surface area contributed by atoms with E-state index in [1.165, 1.54) is 11.9 Å². The molecule has 1 aromatic carbocycles. The van der Waals surface area contributed by atoms with Crippen LogP contribution < -0.4 is 17.0 Å². The van der Waals surface area contributed by atoms with Crippen LogP contribution in [0.25, 0.3) is 0 Å². The number of likely N-dealkylation sites (N-methyl/N-ethyl adjacent to an activating group) is 1. The Morgan fingerprint density at radius 3 is 2.33 bits per heavy atom. The summed E-state index contributed by atoms with van der Waals surface area (Å²) >= 11 is 0. The monoisotopic (exact) mass is 550 g/mol. The average molecular weight is 551 g/mol. The first-order valence-electron chi connectivity index (χ1n) is 13.7. The van der Waals surface area contributed by atoms with Gasteiger partial charge in [-0.05, 0) is 49.5 Å². The van der Waals surface area contributed by atoms with Crippen LogP contribution >= 0.6 is 0 Å². The number of nitrogen functional groups attached to an aromatic ring is 1. The smallest absolute Gasteiger partial charge is 0.334 e. The van der Waals surface area contributed by atoms with Gasteiger partial charge in [-0.15, -0.1) is 0 Å². The van der Waals surface area contributed by atoms with Crippen molar-refractivity contribution in [2.45, 2.75) is 56.7 Å². The van der Waals surface area contributed by atoms with E-state index in [-0.39, 0.29) is 35.4 Å². The van der Waals surface area contributed by atoms with E-state index in [0.717, 1.165) is 14.7 Å². The van der Waals surface area contributed by atoms with E-state index in [4.69, 9.17) is 15.9 Å². The maximum Gasteiger partial charge on any atom is 0.334 e. The highest BCUT2D eigenvalue weighted by Gasteiger charge is 2.68. The second-order valence-electron chi connectivity index (χ2n) is 11.9. The highest BCUT2D eigenvalue weighted by Crippen LogP contribution is 2.62. The number of nitrogens with two attached hydrogens (primary N) is 1. The molecule has 1 aromatic heterocycles. The molecule has 0 atom stereocenters. The molecular weight excluding hydrogens is 516 g/mol. The third-order valence-electron chi connectivity index (χ3n) is 9.40. The lowest BCUT2D eigenvalue weighted by Gasteiger charge is -2.58. The second kappa shape index (κ2) is 9.33. The summed E-state index contributed by atoms with van der Waals surface area (Å²) in [5.41, 5.74) is 3.66. The van der Waals surface area contributed by atoms with Gasteiger partial charge in [-0.25, -0.2) is 9.59 Å². The number of rotatable bonds is 6. The molecule has 3 heterocycles. The summed E-state index contributed by atoms with van der Waals surface area (Å²) in [5, 5.41) is 18.7. The fraction of sp³-hybridized carbons (Fsp3) is 0.536. The molecule has 12 heteroatoms. The predicted molar refractivity (Wildman–Crippen MR) is 144 cm³/mol. The molecule has 4 fully saturated rings. The van der Waals surface area contributed by atoms with Crippen LogP contribution in [0.4, 0.5) is 4.79 Å². The Balaban J connectivity index is 1.25. The van der Waals surface area contributed by atoms with Gasteiger partial charge in [0.05, 0.1) is 19.8 Å². The van der Waals surface area contributed by atoms with Crippen molar-refractivity contribution >= 4 is 17.8 Å². The first-order valence-corrected chi connectivity index (χ1v) is 13.7. The van der Waals surface area contributed by atoms with E-state index in [0.29, 0.717) is 58.3 Å². The fourth-order valence-electron chi connectivity index (χ4n) is 7.26. The number of carbonyl (C=O) groups excluding carboxylic acids is 2. The van der Waals surface area contributed by atoms with Crippen LogP contribution in [0.2, 0.25) is 0 Å². The van der Waals surface area contributed by atoms with Crippen LogP contribution in [0, 0.1) is 16.7 Å². The van der Waals surface area contributed by atoms with Crippen LogP contribution in [0.15, 0.2) is 39.9 Å². The Bertz CT molecular complexity index is 1490. The van der Waals surface area contributed by atoms with Gasteiger partial charge in [-0.1, -0.05) is 30.3 Å². The number of carbonyl (C=O) groups is 2. The van der Waals surface area contributed by atoms with Gasteiger partial charge in [0, 0.05) is 25.6 Å². The molecule has 4 aliphatic rings. The van der Waals surface area contributed by atoms with E-state index >= 15 is 0 Å². The maximum absolute atomic E-state index is 13.6. The topological polar surface area (TPSA) is 164 Å². The van der Waals surface area contributed by atoms with E-state index in [1.54, 1.807) is 17.0 Å². The van der Waals surface area contributed by atoms with Gasteiger partial charge in [0.1, 0.15) is 16.9 Å². The number of imide groups is 1. The van der Waals surface area contributed by atoms with E-state index in [2.05, 4.69) is 0 Å². The highest BCUT2D eigenvalue weighted by atomic mass is 16.5. The number of amidine groups is 1. The van der Waals surface area contributed by atoms with Crippen LogP contribution in [-0.2, 0) is 16.1 Å². The summed E-state index contributed by atoms with van der Waals surface area (Å²) in [5.74, 6) is -1.13. The quantitative estimate of drug-likeness (QED) is 0.276. The van der Waals surface area contributed by atoms with Crippen LogP contribution in [0.5, 0.6) is 5.88 Å². The molecule has 2 saturated carbocycles. The fourth-order valence-corrected chi connectivity index (χ4v) is 7.26. The Labute approximate surface area is 230 Å². The Morgan fingerprint density at radius 1 is 1.10 bits per heavy atom. The van der Waals surface area contributed by atoms with Crippen molar-refractivity contribution in [1.82, 2.24) is 18.9 Å². The zero-order chi connectivity index (χ0) is 28.4. The molecule has 2 aromatic rings. The van der Waals surface area contributed by atoms with Gasteiger partial charge in [0.2, 0.25) is 5.88 Å². The lowest BCUT2D eigenvalue weighted by molar-refractivity contribution is -0.152. The molecule has 12 nitrogen and oxygen atoms in total. The molecule has 212 valence electrons. The van der Waals surface area contributed by atoms with Crippen LogP contribution in [0.1, 0.15) is 55.7 Å². The molecule has 2 aliphatic heterocycles. The molecule has 0 unspecified atom stereocenters. The van der Waals surface area contributed by atoms with E-state index in [9.17, 15) is 24.3 Å².